The largest absolute Gasteiger partial charge is 0.492 e. The molecule has 0 aromatic carbocycles. The number of rotatable bonds is 3. The summed E-state index contributed by atoms with van der Waals surface area (Å²) in [4.78, 5) is 17.6. The van der Waals surface area contributed by atoms with E-state index < -0.39 is 5.60 Å². The number of nitrogens with zero attached hydrogens (tertiary/aromatic N) is 3. The van der Waals surface area contributed by atoms with Gasteiger partial charge in [0.05, 0.1) is 18.4 Å². The van der Waals surface area contributed by atoms with Crippen LogP contribution >= 0.6 is 11.6 Å². The number of pyridine rings is 1. The molecule has 1 aromatic rings. The van der Waals surface area contributed by atoms with Crippen molar-refractivity contribution in [1.29, 1.82) is 5.26 Å². The average Bonchev–Trinajstić information content (AvgIpc) is 2.93. The van der Waals surface area contributed by atoms with Gasteiger partial charge in [-0.2, -0.15) is 5.26 Å². The third kappa shape index (κ3) is 5.00. The summed E-state index contributed by atoms with van der Waals surface area (Å²) in [6, 6.07) is 3.53. The van der Waals surface area contributed by atoms with E-state index in [0.717, 1.165) is 6.42 Å². The first kappa shape index (κ1) is 17.4. The third-order valence-corrected chi connectivity index (χ3v) is 3.66. The van der Waals surface area contributed by atoms with Crippen molar-refractivity contribution in [3.63, 3.8) is 0 Å². The smallest absolute Gasteiger partial charge is 0.410 e. The molecule has 1 aliphatic rings. The standard InChI is InChI=1S/C16H20ClN3O3/c1-16(2,3)23-15(21)20-5-4-11(9-20)10-22-13-6-12(7-18)14(17)19-8-13/h6,8,11H,4-5,9-10H2,1-3H3/t11-/m1/s1. The molecule has 1 atom stereocenters. The van der Waals surface area contributed by atoms with Crippen LogP contribution in [0, 0.1) is 17.2 Å². The maximum atomic E-state index is 12.0. The van der Waals surface area contributed by atoms with Crippen LogP contribution in [0.15, 0.2) is 12.3 Å². The molecule has 1 saturated heterocycles. The Kier molecular flexibility index (Phi) is 5.32. The summed E-state index contributed by atoms with van der Waals surface area (Å²) in [5.41, 5.74) is -0.208. The molecule has 0 bridgehead atoms. The Morgan fingerprint density at radius 3 is 2.96 bits per heavy atom. The summed E-state index contributed by atoms with van der Waals surface area (Å²) in [5, 5.41) is 9.09. The highest BCUT2D eigenvalue weighted by molar-refractivity contribution is 6.30. The highest BCUT2D eigenvalue weighted by atomic mass is 35.5. The second-order valence-corrected chi connectivity index (χ2v) is 6.87. The Labute approximate surface area is 141 Å². The number of ether oxygens (including phenoxy) is 2. The summed E-state index contributed by atoms with van der Waals surface area (Å²) < 4.78 is 11.0. The van der Waals surface area contributed by atoms with Crippen molar-refractivity contribution in [2.24, 2.45) is 5.92 Å². The second-order valence-electron chi connectivity index (χ2n) is 6.51. The number of halogens is 1. The first-order valence-electron chi connectivity index (χ1n) is 7.45. The fourth-order valence-corrected chi connectivity index (χ4v) is 2.41. The van der Waals surface area contributed by atoms with Gasteiger partial charge in [0.15, 0.2) is 0 Å². The zero-order chi connectivity index (χ0) is 17.0. The molecule has 0 aliphatic carbocycles. The molecule has 0 N–H and O–H groups in total. The number of carbonyl (C=O) groups excluding carboxylic acids is 1. The number of carbonyl (C=O) groups is 1. The van der Waals surface area contributed by atoms with Crippen LogP contribution in [0.1, 0.15) is 32.8 Å². The van der Waals surface area contributed by atoms with Crippen molar-refractivity contribution in [2.45, 2.75) is 32.8 Å². The van der Waals surface area contributed by atoms with Gasteiger partial charge in [0.2, 0.25) is 0 Å². The molecule has 0 radical (unpaired) electrons. The second kappa shape index (κ2) is 7.05. The first-order valence-corrected chi connectivity index (χ1v) is 7.82. The molecule has 1 amide bonds. The van der Waals surface area contributed by atoms with Crippen molar-refractivity contribution in [3.05, 3.63) is 23.0 Å². The molecule has 124 valence electrons. The quantitative estimate of drug-likeness (QED) is 0.791. The predicted octanol–water partition coefficient (Wildman–Crippen LogP) is 3.24. The number of likely N-dealkylation sites (tertiary alicyclic amines) is 1. The lowest BCUT2D eigenvalue weighted by molar-refractivity contribution is 0.0285. The Bertz CT molecular complexity index is 622. The van der Waals surface area contributed by atoms with Gasteiger partial charge in [-0.15, -0.1) is 0 Å². The molecule has 2 rings (SSSR count). The van der Waals surface area contributed by atoms with Crippen molar-refractivity contribution < 1.29 is 14.3 Å². The molecular formula is C16H20ClN3O3. The van der Waals surface area contributed by atoms with Crippen molar-refractivity contribution in [1.82, 2.24) is 9.88 Å². The Hall–Kier alpha value is -2.00. The van der Waals surface area contributed by atoms with Gasteiger partial charge in [-0.3, -0.25) is 0 Å². The number of nitriles is 1. The highest BCUT2D eigenvalue weighted by Crippen LogP contribution is 2.22. The van der Waals surface area contributed by atoms with Crippen LogP contribution in [0.3, 0.4) is 0 Å². The van der Waals surface area contributed by atoms with Gasteiger partial charge in [0.1, 0.15) is 22.6 Å². The minimum absolute atomic E-state index is 0.164. The minimum atomic E-state index is -0.492. The van der Waals surface area contributed by atoms with E-state index in [2.05, 4.69) is 4.98 Å². The lowest BCUT2D eigenvalue weighted by atomic mass is 10.1. The number of hydrogen-bond acceptors (Lipinski definition) is 5. The summed E-state index contributed by atoms with van der Waals surface area (Å²) in [6.07, 6.45) is 2.05. The summed E-state index contributed by atoms with van der Waals surface area (Å²) >= 11 is 5.78. The van der Waals surface area contributed by atoms with Crippen LogP contribution in [0.2, 0.25) is 5.15 Å². The zero-order valence-electron chi connectivity index (χ0n) is 13.5. The fourth-order valence-electron chi connectivity index (χ4n) is 2.26. The molecule has 6 nitrogen and oxygen atoms in total. The molecule has 0 spiro atoms. The number of hydrogen-bond donors (Lipinski definition) is 0. The Balaban J connectivity index is 1.84. The number of amides is 1. The van der Waals surface area contributed by atoms with Crippen LogP contribution in [-0.4, -0.2) is 41.3 Å². The van der Waals surface area contributed by atoms with E-state index in [9.17, 15) is 4.79 Å². The van der Waals surface area contributed by atoms with E-state index in [0.29, 0.717) is 25.4 Å². The van der Waals surface area contributed by atoms with Gasteiger partial charge in [0, 0.05) is 25.1 Å². The van der Waals surface area contributed by atoms with Crippen LogP contribution in [0.25, 0.3) is 0 Å². The van der Waals surface area contributed by atoms with Crippen molar-refractivity contribution in [2.75, 3.05) is 19.7 Å². The van der Waals surface area contributed by atoms with Crippen LogP contribution < -0.4 is 4.74 Å². The molecule has 1 fully saturated rings. The lowest BCUT2D eigenvalue weighted by Crippen LogP contribution is -2.35. The Morgan fingerprint density at radius 1 is 1.57 bits per heavy atom. The minimum Gasteiger partial charge on any atom is -0.492 e. The summed E-state index contributed by atoms with van der Waals surface area (Å²) in [6.45, 7) is 7.26. The van der Waals surface area contributed by atoms with Crippen molar-refractivity contribution >= 4 is 17.7 Å². The summed E-state index contributed by atoms with van der Waals surface area (Å²) in [7, 11) is 0. The molecule has 2 heterocycles. The molecular weight excluding hydrogens is 318 g/mol. The zero-order valence-corrected chi connectivity index (χ0v) is 14.3. The van der Waals surface area contributed by atoms with Gasteiger partial charge in [-0.1, -0.05) is 11.6 Å². The lowest BCUT2D eigenvalue weighted by Gasteiger charge is -2.24. The van der Waals surface area contributed by atoms with E-state index in [4.69, 9.17) is 26.3 Å². The van der Waals surface area contributed by atoms with E-state index >= 15 is 0 Å². The van der Waals surface area contributed by atoms with Crippen LogP contribution in [-0.2, 0) is 4.74 Å². The van der Waals surface area contributed by atoms with E-state index in [1.165, 1.54) is 6.20 Å². The Morgan fingerprint density at radius 2 is 2.30 bits per heavy atom. The normalized spacial score (nSPS) is 17.7. The molecule has 23 heavy (non-hydrogen) atoms. The fraction of sp³-hybridized carbons (Fsp3) is 0.562. The average molecular weight is 338 g/mol. The van der Waals surface area contributed by atoms with Gasteiger partial charge in [-0.05, 0) is 27.2 Å². The maximum absolute atomic E-state index is 12.0. The SMILES string of the molecule is CC(C)(C)OC(=O)N1CC[C@@H](COc2cnc(Cl)c(C#N)c2)C1. The predicted molar refractivity (Wildman–Crippen MR) is 85.4 cm³/mol. The summed E-state index contributed by atoms with van der Waals surface area (Å²) in [5.74, 6) is 0.727. The third-order valence-electron chi connectivity index (χ3n) is 3.36. The van der Waals surface area contributed by atoms with E-state index in [1.807, 2.05) is 26.8 Å². The van der Waals surface area contributed by atoms with Gasteiger partial charge in [0.25, 0.3) is 0 Å². The first-order chi connectivity index (χ1) is 10.8. The molecule has 0 unspecified atom stereocenters. The van der Waals surface area contributed by atoms with Crippen LogP contribution in [0.4, 0.5) is 4.79 Å². The highest BCUT2D eigenvalue weighted by Gasteiger charge is 2.30. The monoisotopic (exact) mass is 337 g/mol. The van der Waals surface area contributed by atoms with Gasteiger partial charge in [-0.25, -0.2) is 9.78 Å². The van der Waals surface area contributed by atoms with E-state index in [-0.39, 0.29) is 22.7 Å². The van der Waals surface area contributed by atoms with Crippen LogP contribution in [0.5, 0.6) is 5.75 Å². The van der Waals surface area contributed by atoms with Gasteiger partial charge >= 0.3 is 6.09 Å². The molecule has 1 aromatic heterocycles. The van der Waals surface area contributed by atoms with Crippen molar-refractivity contribution in [3.8, 4) is 11.8 Å². The topological polar surface area (TPSA) is 75.4 Å². The van der Waals surface area contributed by atoms with E-state index in [1.54, 1.807) is 11.0 Å². The van der Waals surface area contributed by atoms with Gasteiger partial charge < -0.3 is 14.4 Å². The number of aromatic nitrogens is 1. The molecule has 0 saturated carbocycles. The maximum Gasteiger partial charge on any atom is 0.410 e. The molecule has 7 heteroatoms. The molecule has 1 aliphatic heterocycles.